The third-order valence-corrected chi connectivity index (χ3v) is 4.84. The van der Waals surface area contributed by atoms with Gasteiger partial charge in [-0.05, 0) is 30.5 Å². The molecule has 2 aromatic heterocycles. The van der Waals surface area contributed by atoms with Crippen molar-refractivity contribution < 1.29 is 19.1 Å². The van der Waals surface area contributed by atoms with Gasteiger partial charge in [0.1, 0.15) is 4.88 Å². The molecule has 116 valence electrons. The summed E-state index contributed by atoms with van der Waals surface area (Å²) in [6, 6.07) is 5.29. The number of nitrogens with one attached hydrogen (secondary N) is 1. The number of rotatable bonds is 6. The van der Waals surface area contributed by atoms with E-state index in [1.165, 1.54) is 29.8 Å². The fourth-order valence-electron chi connectivity index (χ4n) is 1.81. The molecule has 0 aliphatic carbocycles. The van der Waals surface area contributed by atoms with E-state index in [0.717, 1.165) is 4.88 Å². The number of thiophene rings is 2. The molecule has 1 amide bonds. The first-order valence-electron chi connectivity index (χ1n) is 6.56. The van der Waals surface area contributed by atoms with E-state index in [-0.39, 0.29) is 24.5 Å². The van der Waals surface area contributed by atoms with Crippen LogP contribution in [-0.4, -0.2) is 24.8 Å². The Labute approximate surface area is 135 Å². The van der Waals surface area contributed by atoms with Gasteiger partial charge in [0.05, 0.1) is 17.7 Å². The lowest BCUT2D eigenvalue weighted by molar-refractivity contribution is -0.116. The second-order valence-corrected chi connectivity index (χ2v) is 6.74. The number of ether oxygens (including phenoxy) is 1. The largest absolute Gasteiger partial charge is 0.465 e. The molecule has 0 atom stereocenters. The molecule has 2 rings (SSSR count). The second-order valence-electron chi connectivity index (χ2n) is 4.54. The summed E-state index contributed by atoms with van der Waals surface area (Å²) in [5, 5.41) is 4.34. The zero-order valence-electron chi connectivity index (χ0n) is 12.2. The van der Waals surface area contributed by atoms with Crippen LogP contribution in [0.5, 0.6) is 0 Å². The molecule has 0 unspecified atom stereocenters. The van der Waals surface area contributed by atoms with Gasteiger partial charge in [-0.15, -0.1) is 22.7 Å². The quantitative estimate of drug-likeness (QED) is 0.647. The van der Waals surface area contributed by atoms with Gasteiger partial charge in [-0.2, -0.15) is 0 Å². The van der Waals surface area contributed by atoms with E-state index in [2.05, 4.69) is 10.1 Å². The lowest BCUT2D eigenvalue weighted by atomic mass is 10.2. The molecule has 7 heteroatoms. The van der Waals surface area contributed by atoms with Crippen molar-refractivity contribution in [3.8, 4) is 0 Å². The van der Waals surface area contributed by atoms with Gasteiger partial charge < -0.3 is 10.1 Å². The molecule has 0 fully saturated rings. The highest BCUT2D eigenvalue weighted by Crippen LogP contribution is 2.23. The fraction of sp³-hybridized carbons (Fsp3) is 0.267. The van der Waals surface area contributed by atoms with Crippen molar-refractivity contribution in [1.82, 2.24) is 0 Å². The summed E-state index contributed by atoms with van der Waals surface area (Å²) in [6.45, 7) is 1.93. The fourth-order valence-corrected chi connectivity index (χ4v) is 3.41. The number of carbonyl (C=O) groups is 3. The van der Waals surface area contributed by atoms with E-state index in [9.17, 15) is 14.4 Å². The van der Waals surface area contributed by atoms with Gasteiger partial charge >= 0.3 is 5.97 Å². The second kappa shape index (κ2) is 7.33. The maximum absolute atomic E-state index is 11.9. The Morgan fingerprint density at radius 2 is 1.95 bits per heavy atom. The molecule has 22 heavy (non-hydrogen) atoms. The van der Waals surface area contributed by atoms with Crippen molar-refractivity contribution in [3.05, 3.63) is 38.2 Å². The summed E-state index contributed by atoms with van der Waals surface area (Å²) >= 11 is 2.62. The van der Waals surface area contributed by atoms with Crippen LogP contribution >= 0.6 is 22.7 Å². The predicted octanol–water partition coefficient (Wildman–Crippen LogP) is 3.51. The molecular weight excluding hydrogens is 322 g/mol. The van der Waals surface area contributed by atoms with Gasteiger partial charge in [-0.1, -0.05) is 0 Å². The minimum absolute atomic E-state index is 0.0493. The van der Waals surface area contributed by atoms with Crippen LogP contribution in [0.2, 0.25) is 0 Å². The predicted molar refractivity (Wildman–Crippen MR) is 86.9 cm³/mol. The molecule has 0 aliphatic heterocycles. The van der Waals surface area contributed by atoms with Crippen LogP contribution in [-0.2, 0) is 9.53 Å². The Bertz CT molecular complexity index is 702. The van der Waals surface area contributed by atoms with Crippen molar-refractivity contribution in [2.45, 2.75) is 19.8 Å². The van der Waals surface area contributed by atoms with Crippen molar-refractivity contribution in [1.29, 1.82) is 0 Å². The maximum Gasteiger partial charge on any atom is 0.350 e. The average molecular weight is 337 g/mol. The van der Waals surface area contributed by atoms with Crippen molar-refractivity contribution in [3.63, 3.8) is 0 Å². The van der Waals surface area contributed by atoms with Crippen LogP contribution in [0.15, 0.2) is 23.6 Å². The van der Waals surface area contributed by atoms with E-state index in [0.29, 0.717) is 15.4 Å². The summed E-state index contributed by atoms with van der Waals surface area (Å²) in [6.07, 6.45) is 0.218. The smallest absolute Gasteiger partial charge is 0.350 e. The van der Waals surface area contributed by atoms with Gasteiger partial charge in [0.25, 0.3) is 0 Å². The first-order chi connectivity index (χ1) is 10.5. The van der Waals surface area contributed by atoms with Crippen LogP contribution < -0.4 is 5.32 Å². The first-order valence-corrected chi connectivity index (χ1v) is 8.26. The third-order valence-electron chi connectivity index (χ3n) is 2.90. The van der Waals surface area contributed by atoms with Crippen molar-refractivity contribution >= 4 is 46.0 Å². The van der Waals surface area contributed by atoms with E-state index in [1.54, 1.807) is 17.5 Å². The first kappa shape index (κ1) is 16.4. The molecule has 2 aromatic rings. The normalized spacial score (nSPS) is 10.3. The molecule has 0 bridgehead atoms. The molecule has 0 saturated heterocycles. The standard InChI is InChI=1S/C15H15NO4S2/c1-9-3-5-12(22-9)11(17)4-6-13(18)16-10-7-8-21-14(10)15(19)20-2/h3,5,7-8H,4,6H2,1-2H3,(H,16,18). The van der Waals surface area contributed by atoms with Gasteiger partial charge in [-0.25, -0.2) is 4.79 Å². The number of amides is 1. The summed E-state index contributed by atoms with van der Waals surface area (Å²) in [4.78, 5) is 37.4. The zero-order chi connectivity index (χ0) is 16.1. The third kappa shape index (κ3) is 4.02. The minimum Gasteiger partial charge on any atom is -0.465 e. The number of Topliss-reactive ketones (excluding diaryl/α,β-unsaturated/α-hetero) is 1. The van der Waals surface area contributed by atoms with Crippen LogP contribution in [0.3, 0.4) is 0 Å². The Balaban J connectivity index is 1.90. The molecule has 0 spiro atoms. The highest BCUT2D eigenvalue weighted by molar-refractivity contribution is 7.14. The van der Waals surface area contributed by atoms with Gasteiger partial charge in [-0.3, -0.25) is 9.59 Å². The van der Waals surface area contributed by atoms with Crippen LogP contribution in [0.1, 0.15) is 37.1 Å². The Morgan fingerprint density at radius 1 is 1.18 bits per heavy atom. The van der Waals surface area contributed by atoms with Crippen molar-refractivity contribution in [2.24, 2.45) is 0 Å². The molecule has 2 heterocycles. The highest BCUT2D eigenvalue weighted by Gasteiger charge is 2.16. The number of methoxy groups -OCH3 is 1. The summed E-state index contributed by atoms with van der Waals surface area (Å²) < 4.78 is 4.64. The van der Waals surface area contributed by atoms with Gasteiger partial charge in [0.2, 0.25) is 5.91 Å². The number of hydrogen-bond acceptors (Lipinski definition) is 6. The number of esters is 1. The number of carbonyl (C=O) groups excluding carboxylic acids is 3. The van der Waals surface area contributed by atoms with E-state index < -0.39 is 5.97 Å². The highest BCUT2D eigenvalue weighted by atomic mass is 32.1. The average Bonchev–Trinajstić information content (AvgIpc) is 3.13. The molecule has 0 saturated carbocycles. The molecule has 1 N–H and O–H groups in total. The van der Waals surface area contributed by atoms with E-state index >= 15 is 0 Å². The Morgan fingerprint density at radius 3 is 2.59 bits per heavy atom. The summed E-state index contributed by atoms with van der Waals surface area (Å²) in [5.74, 6) is -0.840. The number of hydrogen-bond donors (Lipinski definition) is 1. The molecule has 0 aliphatic rings. The number of ketones is 1. The summed E-state index contributed by atoms with van der Waals surface area (Å²) in [5.41, 5.74) is 0.418. The summed E-state index contributed by atoms with van der Waals surface area (Å²) in [7, 11) is 1.29. The lowest BCUT2D eigenvalue weighted by Crippen LogP contribution is -2.14. The Kier molecular flexibility index (Phi) is 5.46. The van der Waals surface area contributed by atoms with Crippen LogP contribution in [0.4, 0.5) is 5.69 Å². The van der Waals surface area contributed by atoms with Gasteiger partial charge in [0, 0.05) is 17.7 Å². The Hall–Kier alpha value is -1.99. The molecule has 0 radical (unpaired) electrons. The minimum atomic E-state index is -0.490. The van der Waals surface area contributed by atoms with E-state index in [4.69, 9.17) is 0 Å². The topological polar surface area (TPSA) is 72.5 Å². The molecule has 0 aromatic carbocycles. The van der Waals surface area contributed by atoms with Crippen LogP contribution in [0, 0.1) is 6.92 Å². The van der Waals surface area contributed by atoms with E-state index in [1.807, 2.05) is 13.0 Å². The lowest BCUT2D eigenvalue weighted by Gasteiger charge is -2.05. The van der Waals surface area contributed by atoms with Gasteiger partial charge in [0.15, 0.2) is 5.78 Å². The monoisotopic (exact) mass is 337 g/mol. The zero-order valence-corrected chi connectivity index (χ0v) is 13.8. The number of aryl methyl sites for hydroxylation is 1. The number of anilines is 1. The maximum atomic E-state index is 11.9. The molecule has 5 nitrogen and oxygen atoms in total. The van der Waals surface area contributed by atoms with Crippen LogP contribution in [0.25, 0.3) is 0 Å². The molecular formula is C15H15NO4S2. The SMILES string of the molecule is COC(=O)c1sccc1NC(=O)CCC(=O)c1ccc(C)s1. The van der Waals surface area contributed by atoms with Crippen molar-refractivity contribution in [2.75, 3.05) is 12.4 Å².